The van der Waals surface area contributed by atoms with Crippen LogP contribution in [0.25, 0.3) is 0 Å². The fourth-order valence-corrected chi connectivity index (χ4v) is 3.71. The monoisotopic (exact) mass is 223 g/mol. The SMILES string of the molecule is CCC[C@@H]1CC[C@@H](C(=O)CC)[C@@H]2CCCN12. The minimum atomic E-state index is 0.362. The van der Waals surface area contributed by atoms with Crippen LogP contribution < -0.4 is 0 Å². The van der Waals surface area contributed by atoms with Gasteiger partial charge < -0.3 is 0 Å². The Bertz CT molecular complexity index is 251. The second-order valence-corrected chi connectivity index (χ2v) is 5.39. The third-order valence-electron chi connectivity index (χ3n) is 4.47. The first-order chi connectivity index (χ1) is 7.77. The normalized spacial score (nSPS) is 35.0. The summed E-state index contributed by atoms with van der Waals surface area (Å²) >= 11 is 0. The standard InChI is InChI=1S/C14H25NO/c1-3-6-11-8-9-12(14(16)4-2)13-7-5-10-15(11)13/h11-13H,3-10H2,1-2H3/t11-,12-,13+/m1/s1. The average molecular weight is 223 g/mol. The van der Waals surface area contributed by atoms with E-state index < -0.39 is 0 Å². The average Bonchev–Trinajstić information content (AvgIpc) is 2.78. The summed E-state index contributed by atoms with van der Waals surface area (Å²) in [4.78, 5) is 14.6. The van der Waals surface area contributed by atoms with E-state index in [0.717, 1.165) is 18.9 Å². The molecule has 0 aromatic carbocycles. The van der Waals surface area contributed by atoms with Crippen LogP contribution in [-0.4, -0.2) is 29.3 Å². The molecule has 2 nitrogen and oxygen atoms in total. The Morgan fingerprint density at radius 3 is 2.75 bits per heavy atom. The molecular formula is C14H25NO. The van der Waals surface area contributed by atoms with E-state index in [-0.39, 0.29) is 0 Å². The van der Waals surface area contributed by atoms with Gasteiger partial charge in [0, 0.05) is 24.4 Å². The maximum Gasteiger partial charge on any atom is 0.137 e. The van der Waals surface area contributed by atoms with E-state index in [1.165, 1.54) is 38.6 Å². The van der Waals surface area contributed by atoms with E-state index in [2.05, 4.69) is 11.8 Å². The molecule has 0 amide bonds. The van der Waals surface area contributed by atoms with Crippen molar-refractivity contribution >= 4 is 5.78 Å². The highest BCUT2D eigenvalue weighted by atomic mass is 16.1. The van der Waals surface area contributed by atoms with Gasteiger partial charge in [-0.3, -0.25) is 9.69 Å². The molecule has 2 heterocycles. The Morgan fingerprint density at radius 2 is 2.06 bits per heavy atom. The van der Waals surface area contributed by atoms with E-state index in [1.807, 2.05) is 6.92 Å². The molecule has 2 saturated heterocycles. The number of carbonyl (C=O) groups is 1. The second kappa shape index (κ2) is 5.31. The highest BCUT2D eigenvalue weighted by molar-refractivity contribution is 5.81. The lowest BCUT2D eigenvalue weighted by molar-refractivity contribution is -0.126. The van der Waals surface area contributed by atoms with E-state index in [0.29, 0.717) is 17.7 Å². The zero-order valence-corrected chi connectivity index (χ0v) is 10.7. The maximum atomic E-state index is 11.9. The van der Waals surface area contributed by atoms with Crippen molar-refractivity contribution in [2.45, 2.75) is 70.9 Å². The Balaban J connectivity index is 2.05. The van der Waals surface area contributed by atoms with Crippen LogP contribution in [0.3, 0.4) is 0 Å². The van der Waals surface area contributed by atoms with Gasteiger partial charge in [0.05, 0.1) is 0 Å². The largest absolute Gasteiger partial charge is 0.299 e. The van der Waals surface area contributed by atoms with Crippen LogP contribution in [0.1, 0.15) is 58.8 Å². The highest BCUT2D eigenvalue weighted by Crippen LogP contribution is 2.37. The molecule has 2 fully saturated rings. The summed E-state index contributed by atoms with van der Waals surface area (Å²) < 4.78 is 0. The summed E-state index contributed by atoms with van der Waals surface area (Å²) in [5, 5.41) is 0. The quantitative estimate of drug-likeness (QED) is 0.730. The summed E-state index contributed by atoms with van der Waals surface area (Å²) in [7, 11) is 0. The van der Waals surface area contributed by atoms with Crippen molar-refractivity contribution in [1.82, 2.24) is 4.90 Å². The maximum absolute atomic E-state index is 11.9. The molecule has 16 heavy (non-hydrogen) atoms. The number of carbonyl (C=O) groups excluding carboxylic acids is 1. The van der Waals surface area contributed by atoms with Crippen LogP contribution in [0.5, 0.6) is 0 Å². The van der Waals surface area contributed by atoms with E-state index >= 15 is 0 Å². The predicted octanol–water partition coefficient (Wildman–Crippen LogP) is 3.01. The van der Waals surface area contributed by atoms with Crippen LogP contribution >= 0.6 is 0 Å². The zero-order valence-electron chi connectivity index (χ0n) is 10.7. The molecule has 92 valence electrons. The molecule has 0 unspecified atom stereocenters. The van der Waals surface area contributed by atoms with Crippen molar-refractivity contribution in [3.63, 3.8) is 0 Å². The van der Waals surface area contributed by atoms with Gasteiger partial charge in [-0.15, -0.1) is 0 Å². The molecule has 0 aliphatic carbocycles. The fraction of sp³-hybridized carbons (Fsp3) is 0.929. The van der Waals surface area contributed by atoms with Crippen molar-refractivity contribution in [2.75, 3.05) is 6.54 Å². The molecule has 0 aromatic rings. The first-order valence-electron chi connectivity index (χ1n) is 7.06. The Morgan fingerprint density at radius 1 is 1.25 bits per heavy atom. The topological polar surface area (TPSA) is 20.3 Å². The Kier molecular flexibility index (Phi) is 4.01. The number of fused-ring (bicyclic) bond motifs is 1. The van der Waals surface area contributed by atoms with Crippen molar-refractivity contribution in [3.05, 3.63) is 0 Å². The lowest BCUT2D eigenvalue weighted by atomic mass is 9.81. The number of hydrogen-bond acceptors (Lipinski definition) is 2. The molecule has 0 N–H and O–H groups in total. The molecule has 0 aromatic heterocycles. The second-order valence-electron chi connectivity index (χ2n) is 5.39. The molecule has 2 aliphatic rings. The first kappa shape index (κ1) is 12.1. The number of ketones is 1. The van der Waals surface area contributed by atoms with Crippen molar-refractivity contribution in [3.8, 4) is 0 Å². The Hall–Kier alpha value is -0.370. The smallest absolute Gasteiger partial charge is 0.137 e. The van der Waals surface area contributed by atoms with Crippen LogP contribution in [0.2, 0.25) is 0 Å². The molecule has 0 radical (unpaired) electrons. The molecule has 2 heteroatoms. The summed E-state index contributed by atoms with van der Waals surface area (Å²) in [5.74, 6) is 0.868. The lowest BCUT2D eigenvalue weighted by Gasteiger charge is -2.42. The number of nitrogens with zero attached hydrogens (tertiary/aromatic N) is 1. The van der Waals surface area contributed by atoms with Crippen LogP contribution in [-0.2, 0) is 4.79 Å². The number of hydrogen-bond donors (Lipinski definition) is 0. The molecule has 2 aliphatic heterocycles. The number of piperidine rings is 1. The van der Waals surface area contributed by atoms with E-state index in [4.69, 9.17) is 0 Å². The van der Waals surface area contributed by atoms with Crippen LogP contribution in [0.4, 0.5) is 0 Å². The first-order valence-corrected chi connectivity index (χ1v) is 7.06. The summed E-state index contributed by atoms with van der Waals surface area (Å²) in [5.41, 5.74) is 0. The molecule has 0 spiro atoms. The van der Waals surface area contributed by atoms with Gasteiger partial charge >= 0.3 is 0 Å². The summed E-state index contributed by atoms with van der Waals surface area (Å²) in [6.45, 7) is 5.52. The van der Waals surface area contributed by atoms with Crippen LogP contribution in [0.15, 0.2) is 0 Å². The van der Waals surface area contributed by atoms with Crippen molar-refractivity contribution in [2.24, 2.45) is 5.92 Å². The summed E-state index contributed by atoms with van der Waals surface area (Å²) in [6.07, 6.45) is 8.30. The van der Waals surface area contributed by atoms with E-state index in [9.17, 15) is 4.79 Å². The molecule has 3 atom stereocenters. The van der Waals surface area contributed by atoms with Gasteiger partial charge in [0.1, 0.15) is 5.78 Å². The zero-order chi connectivity index (χ0) is 11.5. The van der Waals surface area contributed by atoms with Crippen LogP contribution in [0, 0.1) is 5.92 Å². The van der Waals surface area contributed by atoms with Gasteiger partial charge in [-0.2, -0.15) is 0 Å². The third kappa shape index (κ3) is 2.17. The third-order valence-corrected chi connectivity index (χ3v) is 4.47. The predicted molar refractivity (Wildman–Crippen MR) is 66.4 cm³/mol. The highest BCUT2D eigenvalue weighted by Gasteiger charge is 2.41. The number of Topliss-reactive ketones (excluding diaryl/α,β-unsaturated/α-hetero) is 1. The summed E-state index contributed by atoms with van der Waals surface area (Å²) in [6, 6.07) is 1.37. The minimum absolute atomic E-state index is 0.362. The molecule has 0 saturated carbocycles. The van der Waals surface area contributed by atoms with Crippen molar-refractivity contribution in [1.29, 1.82) is 0 Å². The fourth-order valence-electron chi connectivity index (χ4n) is 3.71. The number of rotatable bonds is 4. The minimum Gasteiger partial charge on any atom is -0.299 e. The lowest BCUT2D eigenvalue weighted by Crippen LogP contribution is -2.49. The molecular weight excluding hydrogens is 198 g/mol. The van der Waals surface area contributed by atoms with E-state index in [1.54, 1.807) is 0 Å². The molecule has 2 rings (SSSR count). The van der Waals surface area contributed by atoms with Gasteiger partial charge in [-0.25, -0.2) is 0 Å². The Labute approximate surface area is 99.4 Å². The van der Waals surface area contributed by atoms with Gasteiger partial charge in [-0.1, -0.05) is 20.3 Å². The van der Waals surface area contributed by atoms with Gasteiger partial charge in [0.2, 0.25) is 0 Å². The molecule has 0 bridgehead atoms. The van der Waals surface area contributed by atoms with Gasteiger partial charge in [-0.05, 0) is 38.6 Å². The van der Waals surface area contributed by atoms with Crippen molar-refractivity contribution < 1.29 is 4.79 Å². The van der Waals surface area contributed by atoms with Gasteiger partial charge in [0.15, 0.2) is 0 Å². The van der Waals surface area contributed by atoms with Gasteiger partial charge in [0.25, 0.3) is 0 Å².